The number of nitrogens with zero attached hydrogens (tertiary/aromatic N) is 3. The molecule has 204 valence electrons. The maximum atomic E-state index is 13.2. The number of rotatable bonds is 6. The van der Waals surface area contributed by atoms with Crippen LogP contribution in [0.15, 0.2) is 76.9 Å². The maximum Gasteiger partial charge on any atom is 0.310 e. The van der Waals surface area contributed by atoms with Gasteiger partial charge in [-0.25, -0.2) is 13.4 Å². The molecular formula is C25H25F5N4O2S2. The van der Waals surface area contributed by atoms with E-state index in [1.54, 1.807) is 30.5 Å². The third-order valence-electron chi connectivity index (χ3n) is 6.72. The number of imidazole rings is 1. The van der Waals surface area contributed by atoms with Gasteiger partial charge in [0.2, 0.25) is 0 Å². The fourth-order valence-corrected chi connectivity index (χ4v) is 7.19. The molecule has 1 saturated carbocycles. The Kier molecular flexibility index (Phi) is 5.84. The predicted molar refractivity (Wildman–Crippen MR) is 138 cm³/mol. The van der Waals surface area contributed by atoms with Gasteiger partial charge in [0.25, 0.3) is 0 Å². The second-order valence-corrected chi connectivity index (χ2v) is 14.2. The van der Waals surface area contributed by atoms with Gasteiger partial charge in [0.05, 0.1) is 27.7 Å². The average Bonchev–Trinajstić information content (AvgIpc) is 3.22. The van der Waals surface area contributed by atoms with Gasteiger partial charge in [-0.2, -0.15) is 0 Å². The van der Waals surface area contributed by atoms with Crippen molar-refractivity contribution in [2.24, 2.45) is 0 Å². The van der Waals surface area contributed by atoms with Crippen LogP contribution in [0, 0.1) is 6.92 Å². The Labute approximate surface area is 216 Å². The summed E-state index contributed by atoms with van der Waals surface area (Å²) in [5, 5.41) is 2.44. The molecule has 0 bridgehead atoms. The lowest BCUT2D eigenvalue weighted by atomic mass is 9.95. The average molecular weight is 573 g/mol. The van der Waals surface area contributed by atoms with Crippen LogP contribution in [0.25, 0.3) is 16.9 Å². The Bertz CT molecular complexity index is 1600. The summed E-state index contributed by atoms with van der Waals surface area (Å²) >= 11 is 0. The first-order valence-electron chi connectivity index (χ1n) is 11.8. The van der Waals surface area contributed by atoms with E-state index in [1.807, 2.05) is 23.7 Å². The number of fused-ring (bicyclic) bond motifs is 1. The van der Waals surface area contributed by atoms with E-state index in [2.05, 4.69) is 15.3 Å². The minimum atomic E-state index is -9.72. The highest BCUT2D eigenvalue weighted by molar-refractivity contribution is 8.45. The zero-order valence-corrected chi connectivity index (χ0v) is 21.8. The lowest BCUT2D eigenvalue weighted by Gasteiger charge is -2.40. The van der Waals surface area contributed by atoms with Crippen LogP contribution in [0.5, 0.6) is 0 Å². The van der Waals surface area contributed by atoms with Crippen LogP contribution >= 0.6 is 10.2 Å². The lowest BCUT2D eigenvalue weighted by Crippen LogP contribution is -2.32. The van der Waals surface area contributed by atoms with Gasteiger partial charge in [0.15, 0.2) is 15.5 Å². The highest BCUT2D eigenvalue weighted by Crippen LogP contribution is 3.02. The molecule has 13 heteroatoms. The summed E-state index contributed by atoms with van der Waals surface area (Å²) in [6, 6.07) is 9.07. The van der Waals surface area contributed by atoms with Crippen molar-refractivity contribution in [3.05, 3.63) is 72.8 Å². The summed E-state index contributed by atoms with van der Waals surface area (Å²) in [5.74, 6) is 0. The minimum absolute atomic E-state index is 0.178. The normalized spacial score (nSPS) is 20.6. The summed E-state index contributed by atoms with van der Waals surface area (Å²) in [5.41, 5.74) is 3.30. The Morgan fingerprint density at radius 2 is 1.53 bits per heavy atom. The number of nitrogens with one attached hydrogen (secondary N) is 1. The van der Waals surface area contributed by atoms with Crippen LogP contribution in [0.1, 0.15) is 31.4 Å². The van der Waals surface area contributed by atoms with Crippen molar-refractivity contribution < 1.29 is 27.8 Å². The third kappa shape index (κ3) is 5.48. The summed E-state index contributed by atoms with van der Waals surface area (Å²) in [6.07, 6.45) is 7.03. The molecule has 0 atom stereocenters. The van der Waals surface area contributed by atoms with Gasteiger partial charge in [0, 0.05) is 29.7 Å². The zero-order valence-electron chi connectivity index (χ0n) is 20.2. The number of anilines is 1. The maximum absolute atomic E-state index is 13.2. The Balaban J connectivity index is 1.22. The molecule has 6 nitrogen and oxygen atoms in total. The SMILES string of the molecule is Cc1cn2cc(-c3ccc(S(=O)(=O)C4CCC(Nc5ccc(S(F)(F)(F)(F)F)cc5)CC4)cc3)ncc2n1. The molecule has 0 amide bonds. The van der Waals surface area contributed by atoms with E-state index in [0.29, 0.717) is 43.5 Å². The summed E-state index contributed by atoms with van der Waals surface area (Å²) in [4.78, 5) is 7.02. The van der Waals surface area contributed by atoms with E-state index in [0.717, 1.165) is 29.0 Å². The van der Waals surface area contributed by atoms with Gasteiger partial charge in [0.1, 0.15) is 4.90 Å². The fraction of sp³-hybridized carbons (Fsp3) is 0.280. The largest absolute Gasteiger partial charge is 0.382 e. The van der Waals surface area contributed by atoms with Crippen molar-refractivity contribution in [1.29, 1.82) is 0 Å². The minimum Gasteiger partial charge on any atom is -0.382 e. The molecule has 0 radical (unpaired) electrons. The quantitative estimate of drug-likeness (QED) is 0.241. The van der Waals surface area contributed by atoms with E-state index in [9.17, 15) is 27.8 Å². The van der Waals surface area contributed by atoms with Crippen molar-refractivity contribution >= 4 is 31.4 Å². The van der Waals surface area contributed by atoms with E-state index in [1.165, 1.54) is 0 Å². The zero-order chi connectivity index (χ0) is 27.4. The van der Waals surface area contributed by atoms with E-state index < -0.39 is 30.2 Å². The molecule has 1 fully saturated rings. The van der Waals surface area contributed by atoms with Crippen molar-refractivity contribution in [3.63, 3.8) is 0 Å². The Morgan fingerprint density at radius 3 is 2.13 bits per heavy atom. The molecule has 5 rings (SSSR count). The van der Waals surface area contributed by atoms with Crippen molar-refractivity contribution in [3.8, 4) is 11.3 Å². The van der Waals surface area contributed by atoms with Gasteiger partial charge in [-0.1, -0.05) is 31.6 Å². The predicted octanol–water partition coefficient (Wildman–Crippen LogP) is 7.56. The second kappa shape index (κ2) is 8.40. The number of sulfone groups is 1. The molecule has 0 aliphatic heterocycles. The van der Waals surface area contributed by atoms with Gasteiger partial charge in [-0.05, 0) is 69.0 Å². The molecule has 2 aromatic carbocycles. The van der Waals surface area contributed by atoms with Crippen LogP contribution in [0.2, 0.25) is 0 Å². The standard InChI is InChI=1S/C25H25F5N4O2S2/c1-17-15-34-16-24(31-14-25(34)32-17)18-2-8-21(9-3-18)37(35,36)22-10-4-19(5-11-22)33-20-6-12-23(13-7-20)38(26,27,28,29)30/h2-3,6-9,12-16,19,22,33H,4-5,10-11H2,1H3. The monoisotopic (exact) mass is 572 g/mol. The number of benzene rings is 2. The highest BCUT2D eigenvalue weighted by Gasteiger charge is 2.65. The van der Waals surface area contributed by atoms with E-state index >= 15 is 0 Å². The first kappa shape index (κ1) is 26.4. The topological polar surface area (TPSA) is 76.4 Å². The molecule has 38 heavy (non-hydrogen) atoms. The van der Waals surface area contributed by atoms with Crippen molar-refractivity contribution in [2.45, 2.75) is 53.7 Å². The molecule has 2 aromatic heterocycles. The number of hydrogen-bond acceptors (Lipinski definition) is 5. The fourth-order valence-electron chi connectivity index (χ4n) is 4.74. The molecule has 4 aromatic rings. The van der Waals surface area contributed by atoms with E-state index in [-0.39, 0.29) is 16.6 Å². The molecule has 0 spiro atoms. The summed E-state index contributed by atoms with van der Waals surface area (Å²) in [7, 11) is -13.3. The highest BCUT2D eigenvalue weighted by atomic mass is 32.5. The number of halogens is 5. The Hall–Kier alpha value is -3.19. The van der Waals surface area contributed by atoms with Gasteiger partial charge >= 0.3 is 10.2 Å². The smallest absolute Gasteiger partial charge is 0.310 e. The van der Waals surface area contributed by atoms with Crippen LogP contribution in [-0.4, -0.2) is 34.1 Å². The number of hydrogen-bond donors (Lipinski definition) is 1. The molecule has 0 saturated heterocycles. The van der Waals surface area contributed by atoms with Crippen molar-refractivity contribution in [2.75, 3.05) is 5.32 Å². The molecule has 0 unspecified atom stereocenters. The third-order valence-corrected chi connectivity index (χ3v) is 10.2. The van der Waals surface area contributed by atoms with Crippen LogP contribution < -0.4 is 5.32 Å². The van der Waals surface area contributed by atoms with E-state index in [4.69, 9.17) is 0 Å². The number of aryl methyl sites for hydroxylation is 1. The van der Waals surface area contributed by atoms with Gasteiger partial charge in [-0.3, -0.25) is 4.98 Å². The van der Waals surface area contributed by atoms with Gasteiger partial charge in [-0.15, -0.1) is 0 Å². The second-order valence-electron chi connectivity index (χ2n) is 9.60. The van der Waals surface area contributed by atoms with Crippen LogP contribution in [0.3, 0.4) is 0 Å². The Morgan fingerprint density at radius 1 is 0.895 bits per heavy atom. The number of aromatic nitrogens is 3. The molecule has 1 aliphatic carbocycles. The van der Waals surface area contributed by atoms with Crippen LogP contribution in [0.4, 0.5) is 25.1 Å². The molecule has 1 aliphatic rings. The molecule has 1 N–H and O–H groups in total. The summed E-state index contributed by atoms with van der Waals surface area (Å²) < 4.78 is 92.9. The molecule has 2 heterocycles. The summed E-state index contributed by atoms with van der Waals surface area (Å²) in [6.45, 7) is 1.88. The molecular weight excluding hydrogens is 547 g/mol. The lowest BCUT2D eigenvalue weighted by molar-refractivity contribution is 0.364. The first-order valence-corrected chi connectivity index (χ1v) is 15.3. The first-order chi connectivity index (χ1) is 17.6. The van der Waals surface area contributed by atoms with Crippen LogP contribution in [-0.2, 0) is 9.84 Å². The van der Waals surface area contributed by atoms with Gasteiger partial charge < -0.3 is 9.72 Å². The van der Waals surface area contributed by atoms with Crippen molar-refractivity contribution in [1.82, 2.24) is 14.4 Å².